The van der Waals surface area contributed by atoms with Crippen molar-refractivity contribution in [2.75, 3.05) is 36.9 Å². The molecular weight excluding hydrogens is 302 g/mol. The minimum Gasteiger partial charge on any atom is -0.382 e. The second-order valence-electron chi connectivity index (χ2n) is 7.47. The molecule has 3 fully saturated rings. The first kappa shape index (κ1) is 15.9. The predicted molar refractivity (Wildman–Crippen MR) is 95.2 cm³/mol. The molecule has 2 aliphatic heterocycles. The van der Waals surface area contributed by atoms with E-state index in [9.17, 15) is 4.79 Å². The van der Waals surface area contributed by atoms with Crippen molar-refractivity contribution >= 4 is 17.3 Å². The minimum absolute atomic E-state index is 0.196. The van der Waals surface area contributed by atoms with Gasteiger partial charge in [0.25, 0.3) is 0 Å². The lowest BCUT2D eigenvalue weighted by Crippen LogP contribution is -2.31. The maximum Gasteiger partial charge on any atom is 0.228 e. The van der Waals surface area contributed by atoms with E-state index in [1.165, 1.54) is 0 Å². The highest BCUT2D eigenvalue weighted by atomic mass is 16.5. The molecule has 1 aromatic carbocycles. The normalized spacial score (nSPS) is 26.1. The second kappa shape index (κ2) is 6.73. The zero-order chi connectivity index (χ0) is 16.4. The first-order chi connectivity index (χ1) is 11.8. The van der Waals surface area contributed by atoms with Gasteiger partial charge in [-0.3, -0.25) is 4.79 Å². The molecule has 1 amide bonds. The summed E-state index contributed by atoms with van der Waals surface area (Å²) < 4.78 is 5.38. The average molecular weight is 329 g/mol. The number of nitrogens with one attached hydrogen (secondary N) is 3. The Morgan fingerprint density at radius 1 is 1.08 bits per heavy atom. The maximum atomic E-state index is 12.5. The standard InChI is InChI=1S/C19H27N3O2/c23-18(17-13-19(17)7-9-20-10-8-19)22-15-3-1-14(2-4-15)21-16-5-11-24-12-6-16/h1-4,16-17,20-21H,5-13H2,(H,22,23). The van der Waals surface area contributed by atoms with E-state index in [0.29, 0.717) is 11.5 Å². The van der Waals surface area contributed by atoms with Gasteiger partial charge in [-0.05, 0) is 74.9 Å². The second-order valence-corrected chi connectivity index (χ2v) is 7.47. The summed E-state index contributed by atoms with van der Waals surface area (Å²) in [5.74, 6) is 0.404. The van der Waals surface area contributed by atoms with E-state index in [1.807, 2.05) is 12.1 Å². The molecule has 130 valence electrons. The summed E-state index contributed by atoms with van der Waals surface area (Å²) in [5.41, 5.74) is 2.30. The van der Waals surface area contributed by atoms with Crippen LogP contribution in [0.3, 0.4) is 0 Å². The van der Waals surface area contributed by atoms with Gasteiger partial charge in [-0.2, -0.15) is 0 Å². The van der Waals surface area contributed by atoms with Gasteiger partial charge < -0.3 is 20.7 Å². The van der Waals surface area contributed by atoms with E-state index in [0.717, 1.165) is 69.8 Å². The van der Waals surface area contributed by atoms with Crippen molar-refractivity contribution in [2.24, 2.45) is 11.3 Å². The lowest BCUT2D eigenvalue weighted by atomic mass is 9.92. The molecule has 1 unspecified atom stereocenters. The van der Waals surface area contributed by atoms with Crippen molar-refractivity contribution in [2.45, 2.75) is 38.1 Å². The predicted octanol–water partition coefficient (Wildman–Crippen LogP) is 2.61. The number of rotatable bonds is 4. The van der Waals surface area contributed by atoms with Gasteiger partial charge in [-0.25, -0.2) is 0 Å². The van der Waals surface area contributed by atoms with Crippen molar-refractivity contribution in [3.8, 4) is 0 Å². The van der Waals surface area contributed by atoms with Crippen LogP contribution in [-0.2, 0) is 9.53 Å². The first-order valence-electron chi connectivity index (χ1n) is 9.21. The first-order valence-corrected chi connectivity index (χ1v) is 9.21. The Morgan fingerprint density at radius 3 is 2.46 bits per heavy atom. The van der Waals surface area contributed by atoms with Crippen LogP contribution < -0.4 is 16.0 Å². The van der Waals surface area contributed by atoms with Gasteiger partial charge in [0.2, 0.25) is 5.91 Å². The summed E-state index contributed by atoms with van der Waals surface area (Å²) >= 11 is 0. The van der Waals surface area contributed by atoms with Crippen molar-refractivity contribution < 1.29 is 9.53 Å². The molecule has 2 saturated heterocycles. The Hall–Kier alpha value is -1.59. The third-order valence-electron chi connectivity index (χ3n) is 5.85. The number of hydrogen-bond donors (Lipinski definition) is 3. The van der Waals surface area contributed by atoms with E-state index in [1.54, 1.807) is 0 Å². The number of hydrogen-bond acceptors (Lipinski definition) is 4. The Morgan fingerprint density at radius 2 is 1.75 bits per heavy atom. The van der Waals surface area contributed by atoms with Gasteiger partial charge in [0.05, 0.1) is 0 Å². The van der Waals surface area contributed by atoms with Crippen LogP contribution in [-0.4, -0.2) is 38.3 Å². The maximum absolute atomic E-state index is 12.5. The molecule has 1 atom stereocenters. The Balaban J connectivity index is 1.30. The summed E-state index contributed by atoms with van der Waals surface area (Å²) in [6.45, 7) is 3.78. The van der Waals surface area contributed by atoms with Gasteiger partial charge in [-0.15, -0.1) is 0 Å². The highest BCUT2D eigenvalue weighted by molar-refractivity contribution is 5.95. The highest BCUT2D eigenvalue weighted by Crippen LogP contribution is 2.58. The topological polar surface area (TPSA) is 62.4 Å². The van der Waals surface area contributed by atoms with Crippen LogP contribution in [0.5, 0.6) is 0 Å². The average Bonchev–Trinajstić information content (AvgIpc) is 3.31. The summed E-state index contributed by atoms with van der Waals surface area (Å²) in [6.07, 6.45) is 5.44. The number of carbonyl (C=O) groups is 1. The summed E-state index contributed by atoms with van der Waals surface area (Å²) in [6, 6.07) is 8.59. The number of piperidine rings is 1. The highest BCUT2D eigenvalue weighted by Gasteiger charge is 2.57. The molecule has 2 heterocycles. The number of benzene rings is 1. The van der Waals surface area contributed by atoms with Crippen LogP contribution in [0.2, 0.25) is 0 Å². The zero-order valence-electron chi connectivity index (χ0n) is 14.1. The molecule has 5 heteroatoms. The van der Waals surface area contributed by atoms with Crippen molar-refractivity contribution in [3.63, 3.8) is 0 Å². The quantitative estimate of drug-likeness (QED) is 0.795. The molecule has 1 saturated carbocycles. The largest absolute Gasteiger partial charge is 0.382 e. The van der Waals surface area contributed by atoms with Gasteiger partial charge in [0, 0.05) is 36.5 Å². The smallest absolute Gasteiger partial charge is 0.228 e. The summed E-state index contributed by atoms with van der Waals surface area (Å²) in [4.78, 5) is 12.5. The molecule has 0 aromatic heterocycles. The van der Waals surface area contributed by atoms with E-state index >= 15 is 0 Å². The minimum atomic E-state index is 0.196. The molecule has 0 radical (unpaired) electrons. The number of carbonyl (C=O) groups excluding carboxylic acids is 1. The molecule has 24 heavy (non-hydrogen) atoms. The molecule has 3 aliphatic rings. The Labute approximate surface area is 143 Å². The molecule has 0 bridgehead atoms. The molecular formula is C19H27N3O2. The van der Waals surface area contributed by atoms with E-state index in [4.69, 9.17) is 4.74 Å². The van der Waals surface area contributed by atoms with Crippen molar-refractivity contribution in [1.29, 1.82) is 0 Å². The van der Waals surface area contributed by atoms with Gasteiger partial charge in [0.1, 0.15) is 0 Å². The van der Waals surface area contributed by atoms with Crippen LogP contribution in [0, 0.1) is 11.3 Å². The monoisotopic (exact) mass is 329 g/mol. The van der Waals surface area contributed by atoms with Crippen molar-refractivity contribution in [1.82, 2.24) is 5.32 Å². The molecule has 1 aliphatic carbocycles. The molecule has 1 aromatic rings. The SMILES string of the molecule is O=C(Nc1ccc(NC2CCOCC2)cc1)C1CC12CCNCC2. The number of amides is 1. The van der Waals surface area contributed by atoms with Gasteiger partial charge in [-0.1, -0.05) is 0 Å². The lowest BCUT2D eigenvalue weighted by Gasteiger charge is -2.24. The molecule has 5 nitrogen and oxygen atoms in total. The van der Waals surface area contributed by atoms with Gasteiger partial charge in [0.15, 0.2) is 0 Å². The Kier molecular flexibility index (Phi) is 4.46. The van der Waals surface area contributed by atoms with E-state index < -0.39 is 0 Å². The van der Waals surface area contributed by atoms with E-state index in [-0.39, 0.29) is 11.8 Å². The number of anilines is 2. The summed E-state index contributed by atoms with van der Waals surface area (Å²) in [7, 11) is 0. The molecule has 4 rings (SSSR count). The third kappa shape index (κ3) is 3.42. The van der Waals surface area contributed by atoms with Gasteiger partial charge >= 0.3 is 0 Å². The van der Waals surface area contributed by atoms with Crippen LogP contribution >= 0.6 is 0 Å². The van der Waals surface area contributed by atoms with Crippen molar-refractivity contribution in [3.05, 3.63) is 24.3 Å². The third-order valence-corrected chi connectivity index (χ3v) is 5.85. The summed E-state index contributed by atoms with van der Waals surface area (Å²) in [5, 5.41) is 10.0. The molecule has 3 N–H and O–H groups in total. The van der Waals surface area contributed by atoms with Crippen LogP contribution in [0.15, 0.2) is 24.3 Å². The fourth-order valence-electron chi connectivity index (χ4n) is 4.15. The zero-order valence-corrected chi connectivity index (χ0v) is 14.1. The molecule has 1 spiro atoms. The Bertz CT molecular complexity index is 575. The van der Waals surface area contributed by atoms with E-state index in [2.05, 4.69) is 28.1 Å². The van der Waals surface area contributed by atoms with Crippen LogP contribution in [0.25, 0.3) is 0 Å². The van der Waals surface area contributed by atoms with Crippen LogP contribution in [0.4, 0.5) is 11.4 Å². The lowest BCUT2D eigenvalue weighted by molar-refractivity contribution is -0.118. The fourth-order valence-corrected chi connectivity index (χ4v) is 4.15. The van der Waals surface area contributed by atoms with Crippen LogP contribution in [0.1, 0.15) is 32.1 Å². The number of ether oxygens (including phenoxy) is 1. The fraction of sp³-hybridized carbons (Fsp3) is 0.632.